The quantitative estimate of drug-likeness (QED) is 0.265. The molecule has 13 heteroatoms. The van der Waals surface area contributed by atoms with E-state index in [2.05, 4.69) is 8.67 Å². The van der Waals surface area contributed by atoms with Gasteiger partial charge < -0.3 is 11.0 Å². The molecule has 0 aliphatic rings. The standard InChI is InChI=1S/Mn.H2O8S2.2O/c;1-9(2,3)7-8-10(4,5)6;;/h;(H,1,2,3)(H,4,5,6);;/q;;2*-2. The fourth-order valence-electron chi connectivity index (χ4n) is 0.0702. The second-order valence-corrected chi connectivity index (χ2v) is 2.97. The van der Waals surface area contributed by atoms with E-state index in [4.69, 9.17) is 9.11 Å². The fraction of sp³-hybridized carbons (Fsp3) is 0. The summed E-state index contributed by atoms with van der Waals surface area (Å²) in [6.07, 6.45) is 0. The van der Waals surface area contributed by atoms with Crippen LogP contribution in [-0.2, 0) is 57.5 Å². The molecule has 0 aromatic carbocycles. The summed E-state index contributed by atoms with van der Waals surface area (Å²) in [5, 5.41) is 0. The van der Waals surface area contributed by atoms with Crippen molar-refractivity contribution in [3.63, 3.8) is 0 Å². The Morgan fingerprint density at radius 1 is 0.769 bits per heavy atom. The maximum atomic E-state index is 9.51. The molecule has 0 bridgehead atoms. The second kappa shape index (κ2) is 7.57. The first-order chi connectivity index (χ1) is 4.21. The van der Waals surface area contributed by atoms with Crippen LogP contribution in [0.3, 0.4) is 0 Å². The summed E-state index contributed by atoms with van der Waals surface area (Å²) < 4.78 is 58.9. The van der Waals surface area contributed by atoms with Gasteiger partial charge in [0.25, 0.3) is 0 Å². The zero-order valence-corrected chi connectivity index (χ0v) is 8.17. The molecule has 0 heterocycles. The van der Waals surface area contributed by atoms with E-state index in [9.17, 15) is 16.8 Å². The Bertz CT molecular complexity index is 249. The van der Waals surface area contributed by atoms with E-state index in [1.165, 1.54) is 0 Å². The largest absolute Gasteiger partial charge is 2.00 e. The molecule has 85 valence electrons. The number of rotatable bonds is 3. The molecule has 0 rings (SSSR count). The predicted molar refractivity (Wildman–Crippen MR) is 26.6 cm³/mol. The summed E-state index contributed by atoms with van der Waals surface area (Å²) in [6, 6.07) is 0. The molecule has 0 saturated heterocycles. The molecular weight excluding hydrogens is 279 g/mol. The van der Waals surface area contributed by atoms with E-state index in [1.807, 2.05) is 0 Å². The Morgan fingerprint density at radius 3 is 1.00 bits per heavy atom. The van der Waals surface area contributed by atoms with Crippen LogP contribution in [0, 0.1) is 0 Å². The minimum absolute atomic E-state index is 0. The van der Waals surface area contributed by atoms with Crippen LogP contribution in [0.25, 0.3) is 0 Å². The molecule has 10 nitrogen and oxygen atoms in total. The van der Waals surface area contributed by atoms with Crippen molar-refractivity contribution in [1.82, 2.24) is 0 Å². The van der Waals surface area contributed by atoms with Crippen LogP contribution >= 0.6 is 0 Å². The van der Waals surface area contributed by atoms with E-state index in [-0.39, 0.29) is 28.0 Å². The van der Waals surface area contributed by atoms with E-state index in [0.717, 1.165) is 0 Å². The molecule has 0 aliphatic heterocycles. The second-order valence-electron chi connectivity index (χ2n) is 0.992. The fourth-order valence-corrected chi connectivity index (χ4v) is 0.632. The van der Waals surface area contributed by atoms with E-state index < -0.39 is 20.8 Å². The van der Waals surface area contributed by atoms with Crippen molar-refractivity contribution in [1.29, 1.82) is 0 Å². The first kappa shape index (κ1) is 23.2. The van der Waals surface area contributed by atoms with Crippen molar-refractivity contribution in [2.45, 2.75) is 0 Å². The third kappa shape index (κ3) is 24.5. The van der Waals surface area contributed by atoms with Crippen molar-refractivity contribution in [3.8, 4) is 0 Å². The minimum Gasteiger partial charge on any atom is -2.00 e. The molecular formula is H2MnO10S2-4. The summed E-state index contributed by atoms with van der Waals surface area (Å²) in [6.45, 7) is 0. The molecule has 0 fully saturated rings. The zero-order chi connectivity index (χ0) is 8.41. The monoisotopic (exact) mass is 281 g/mol. The van der Waals surface area contributed by atoms with E-state index in [0.29, 0.717) is 0 Å². The van der Waals surface area contributed by atoms with Gasteiger partial charge in [-0.2, -0.15) is 16.8 Å². The van der Waals surface area contributed by atoms with Crippen molar-refractivity contribution in [3.05, 3.63) is 0 Å². The van der Waals surface area contributed by atoms with Gasteiger partial charge >= 0.3 is 20.8 Å². The molecule has 0 atom stereocenters. The number of hydrogen-bond acceptors (Lipinski definition) is 6. The van der Waals surface area contributed by atoms with Gasteiger partial charge in [0.2, 0.25) is 0 Å². The van der Waals surface area contributed by atoms with Crippen molar-refractivity contribution in [2.24, 2.45) is 0 Å². The Morgan fingerprint density at radius 2 is 0.923 bits per heavy atom. The van der Waals surface area contributed by atoms with Crippen LogP contribution in [-0.4, -0.2) is 25.9 Å². The number of hydrogen-bond donors (Lipinski definition) is 2. The van der Waals surface area contributed by atoms with Gasteiger partial charge in [-0.1, -0.05) is 8.67 Å². The Labute approximate surface area is 83.8 Å². The maximum Gasteiger partial charge on any atom is 0.425 e. The van der Waals surface area contributed by atoms with Gasteiger partial charge in [-0.25, -0.2) is 0 Å². The van der Waals surface area contributed by atoms with Crippen LogP contribution < -0.4 is 0 Å². The van der Waals surface area contributed by atoms with Crippen LogP contribution in [0.15, 0.2) is 0 Å². The average molecular weight is 281 g/mol. The third-order valence-electron chi connectivity index (χ3n) is 0.200. The molecule has 0 aliphatic carbocycles. The zero-order valence-electron chi connectivity index (χ0n) is 5.35. The Balaban J connectivity index is -0.000000135. The normalized spacial score (nSPS) is 10.3. The summed E-state index contributed by atoms with van der Waals surface area (Å²) in [5.41, 5.74) is 0. The third-order valence-corrected chi connectivity index (χ3v) is 0.766. The van der Waals surface area contributed by atoms with Crippen LogP contribution in [0.5, 0.6) is 0 Å². The van der Waals surface area contributed by atoms with Crippen molar-refractivity contribution < 1.29 is 62.6 Å². The van der Waals surface area contributed by atoms with Crippen molar-refractivity contribution in [2.75, 3.05) is 0 Å². The SMILES string of the molecule is O=S(=O)(O)OOS(=O)(=O)O.[Mn].[O-2].[O-2]. The molecule has 0 unspecified atom stereocenters. The summed E-state index contributed by atoms with van der Waals surface area (Å²) in [4.78, 5) is 0. The predicted octanol–water partition coefficient (Wildman–Crippen LogP) is -1.70. The van der Waals surface area contributed by atoms with Crippen LogP contribution in [0.1, 0.15) is 0 Å². The maximum absolute atomic E-state index is 9.51. The van der Waals surface area contributed by atoms with E-state index >= 15 is 0 Å². The first-order valence-corrected chi connectivity index (χ1v) is 4.26. The summed E-state index contributed by atoms with van der Waals surface area (Å²) in [5.74, 6) is 0. The van der Waals surface area contributed by atoms with Gasteiger partial charge in [-0.3, -0.25) is 9.11 Å². The molecule has 0 aromatic heterocycles. The smallest absolute Gasteiger partial charge is 0.425 e. The van der Waals surface area contributed by atoms with Crippen LogP contribution in [0.4, 0.5) is 0 Å². The molecule has 1 radical (unpaired) electrons. The van der Waals surface area contributed by atoms with E-state index in [1.54, 1.807) is 0 Å². The average Bonchev–Trinajstić information content (AvgIpc) is 1.57. The molecule has 0 saturated carbocycles. The molecule has 0 aromatic rings. The Kier molecular flexibility index (Phi) is 13.5. The first-order valence-electron chi connectivity index (χ1n) is 1.53. The van der Waals surface area contributed by atoms with Gasteiger partial charge in [0.1, 0.15) is 0 Å². The summed E-state index contributed by atoms with van der Waals surface area (Å²) >= 11 is 0. The Hall–Kier alpha value is 0.179. The topological polar surface area (TPSA) is 184 Å². The van der Waals surface area contributed by atoms with Crippen LogP contribution in [0.2, 0.25) is 0 Å². The van der Waals surface area contributed by atoms with Gasteiger partial charge in [-0.15, -0.1) is 0 Å². The van der Waals surface area contributed by atoms with Gasteiger partial charge in [0.05, 0.1) is 0 Å². The molecule has 0 spiro atoms. The summed E-state index contributed by atoms with van der Waals surface area (Å²) in [7, 11) is -10.0. The molecule has 2 N–H and O–H groups in total. The van der Waals surface area contributed by atoms with Gasteiger partial charge in [0.15, 0.2) is 0 Å². The minimum atomic E-state index is -5.02. The van der Waals surface area contributed by atoms with Gasteiger partial charge in [-0.05, 0) is 0 Å². The van der Waals surface area contributed by atoms with Crippen molar-refractivity contribution >= 4 is 20.8 Å². The van der Waals surface area contributed by atoms with Gasteiger partial charge in [0, 0.05) is 17.1 Å². The molecule has 0 amide bonds. The molecule has 13 heavy (non-hydrogen) atoms.